The summed E-state index contributed by atoms with van der Waals surface area (Å²) in [7, 11) is 0. The molecule has 0 saturated carbocycles. The summed E-state index contributed by atoms with van der Waals surface area (Å²) < 4.78 is 4.79. The molecule has 0 fully saturated rings. The molecule has 0 atom stereocenters. The van der Waals surface area contributed by atoms with Crippen LogP contribution in [0.15, 0.2) is 34.9 Å². The molecule has 1 amide bonds. The molecular formula is C12H7Cl2NO4. The average molecular weight is 300 g/mol. The number of hydrogen-bond acceptors (Lipinski definition) is 3. The second-order valence-electron chi connectivity index (χ2n) is 3.60. The number of halogens is 2. The Morgan fingerprint density at radius 2 is 1.95 bits per heavy atom. The Morgan fingerprint density at radius 3 is 2.53 bits per heavy atom. The Balaban J connectivity index is 2.26. The van der Waals surface area contributed by atoms with E-state index in [1.54, 1.807) is 0 Å². The van der Waals surface area contributed by atoms with E-state index in [1.165, 1.54) is 30.5 Å². The molecular weight excluding hydrogens is 293 g/mol. The number of nitrogens with one attached hydrogen (secondary N) is 1. The molecule has 19 heavy (non-hydrogen) atoms. The van der Waals surface area contributed by atoms with Crippen molar-refractivity contribution in [2.24, 2.45) is 0 Å². The summed E-state index contributed by atoms with van der Waals surface area (Å²) in [6.07, 6.45) is 1.28. The molecule has 0 unspecified atom stereocenters. The van der Waals surface area contributed by atoms with E-state index in [1.807, 2.05) is 0 Å². The number of carbonyl (C=O) groups excluding carboxylic acids is 1. The third-order valence-electron chi connectivity index (χ3n) is 2.27. The van der Waals surface area contributed by atoms with E-state index in [9.17, 15) is 9.59 Å². The van der Waals surface area contributed by atoms with E-state index < -0.39 is 11.9 Å². The van der Waals surface area contributed by atoms with Crippen molar-refractivity contribution in [2.75, 3.05) is 5.32 Å². The molecule has 2 aromatic rings. The number of carboxylic acid groups (broad SMARTS) is 1. The number of carboxylic acids is 1. The zero-order valence-electron chi connectivity index (χ0n) is 9.31. The maximum Gasteiger partial charge on any atom is 0.335 e. The summed E-state index contributed by atoms with van der Waals surface area (Å²) in [6.45, 7) is 0. The lowest BCUT2D eigenvalue weighted by atomic mass is 10.2. The van der Waals surface area contributed by atoms with Gasteiger partial charge >= 0.3 is 5.97 Å². The van der Waals surface area contributed by atoms with Crippen LogP contribution in [0.1, 0.15) is 20.7 Å². The zero-order chi connectivity index (χ0) is 14.0. The van der Waals surface area contributed by atoms with E-state index in [-0.39, 0.29) is 27.1 Å². The Bertz CT molecular complexity index is 651. The zero-order valence-corrected chi connectivity index (χ0v) is 10.8. The number of hydrogen-bond donors (Lipinski definition) is 2. The number of rotatable bonds is 3. The molecule has 5 nitrogen and oxygen atoms in total. The van der Waals surface area contributed by atoms with Crippen LogP contribution in [0, 0.1) is 0 Å². The highest BCUT2D eigenvalue weighted by Crippen LogP contribution is 2.22. The number of anilines is 1. The first-order valence-corrected chi connectivity index (χ1v) is 5.81. The van der Waals surface area contributed by atoms with E-state index >= 15 is 0 Å². The van der Waals surface area contributed by atoms with Crippen molar-refractivity contribution in [1.82, 2.24) is 0 Å². The monoisotopic (exact) mass is 299 g/mol. The van der Waals surface area contributed by atoms with Gasteiger partial charge in [-0.15, -0.1) is 0 Å². The van der Waals surface area contributed by atoms with Gasteiger partial charge in [0.05, 0.1) is 17.4 Å². The molecule has 0 spiro atoms. The van der Waals surface area contributed by atoms with E-state index in [4.69, 9.17) is 32.7 Å². The fraction of sp³-hybridized carbons (Fsp3) is 0. The largest absolute Gasteiger partial charge is 0.478 e. The summed E-state index contributed by atoms with van der Waals surface area (Å²) in [5, 5.41) is 11.5. The van der Waals surface area contributed by atoms with Crippen LogP contribution >= 0.6 is 23.2 Å². The fourth-order valence-electron chi connectivity index (χ4n) is 1.44. The predicted octanol–water partition coefficient (Wildman–Crippen LogP) is 3.54. The van der Waals surface area contributed by atoms with Gasteiger partial charge in [-0.1, -0.05) is 11.6 Å². The van der Waals surface area contributed by atoms with Crippen LogP contribution in [0.3, 0.4) is 0 Å². The van der Waals surface area contributed by atoms with Crippen molar-refractivity contribution in [3.8, 4) is 0 Å². The normalized spacial score (nSPS) is 10.2. The lowest BCUT2D eigenvalue weighted by Gasteiger charge is -2.06. The van der Waals surface area contributed by atoms with Gasteiger partial charge in [0.1, 0.15) is 0 Å². The summed E-state index contributed by atoms with van der Waals surface area (Å²) >= 11 is 11.4. The smallest absolute Gasteiger partial charge is 0.335 e. The Hall–Kier alpha value is -1.98. The topological polar surface area (TPSA) is 79.5 Å². The van der Waals surface area contributed by atoms with Crippen LogP contribution < -0.4 is 5.32 Å². The molecule has 1 heterocycles. The number of aromatic carboxylic acids is 1. The molecule has 2 rings (SSSR count). The van der Waals surface area contributed by atoms with E-state index in [0.29, 0.717) is 0 Å². The predicted molar refractivity (Wildman–Crippen MR) is 70.1 cm³/mol. The van der Waals surface area contributed by atoms with Crippen molar-refractivity contribution in [3.05, 3.63) is 51.9 Å². The molecule has 0 aliphatic heterocycles. The molecule has 7 heteroatoms. The van der Waals surface area contributed by atoms with Crippen LogP contribution in [-0.4, -0.2) is 17.0 Å². The molecule has 0 saturated heterocycles. The van der Waals surface area contributed by atoms with Crippen LogP contribution in [0.4, 0.5) is 5.69 Å². The summed E-state index contributed by atoms with van der Waals surface area (Å²) in [5.41, 5.74) is 0.381. The number of furan rings is 1. The van der Waals surface area contributed by atoms with Gasteiger partial charge in [-0.3, -0.25) is 4.79 Å². The average Bonchev–Trinajstić information content (AvgIpc) is 2.74. The highest BCUT2D eigenvalue weighted by Gasteiger charge is 2.14. The Morgan fingerprint density at radius 1 is 1.21 bits per heavy atom. The Kier molecular flexibility index (Phi) is 3.78. The highest BCUT2D eigenvalue weighted by atomic mass is 35.5. The second kappa shape index (κ2) is 5.34. The highest BCUT2D eigenvalue weighted by molar-refractivity contribution is 6.33. The molecule has 0 aliphatic rings. The molecule has 0 aliphatic carbocycles. The number of carbonyl (C=O) groups is 2. The minimum atomic E-state index is -1.14. The van der Waals surface area contributed by atoms with Crippen molar-refractivity contribution in [3.63, 3.8) is 0 Å². The second-order valence-corrected chi connectivity index (χ2v) is 4.38. The molecule has 1 aromatic carbocycles. The van der Waals surface area contributed by atoms with Gasteiger partial charge in [0.25, 0.3) is 5.91 Å². The van der Waals surface area contributed by atoms with Gasteiger partial charge in [0.2, 0.25) is 5.22 Å². The van der Waals surface area contributed by atoms with Gasteiger partial charge in [0.15, 0.2) is 0 Å². The summed E-state index contributed by atoms with van der Waals surface area (Å²) in [4.78, 5) is 22.7. The van der Waals surface area contributed by atoms with Crippen molar-refractivity contribution >= 4 is 40.8 Å². The first-order valence-electron chi connectivity index (χ1n) is 5.05. The number of benzene rings is 1. The van der Waals surface area contributed by atoms with Crippen LogP contribution in [0.25, 0.3) is 0 Å². The number of amides is 1. The third-order valence-corrected chi connectivity index (χ3v) is 2.78. The molecule has 2 N–H and O–H groups in total. The first kappa shape index (κ1) is 13.5. The third kappa shape index (κ3) is 3.07. The van der Waals surface area contributed by atoms with Crippen molar-refractivity contribution < 1.29 is 19.1 Å². The first-order chi connectivity index (χ1) is 8.97. The quantitative estimate of drug-likeness (QED) is 0.908. The van der Waals surface area contributed by atoms with Gasteiger partial charge in [-0.25, -0.2) is 4.79 Å². The van der Waals surface area contributed by atoms with E-state index in [0.717, 1.165) is 0 Å². The van der Waals surface area contributed by atoms with Gasteiger partial charge in [-0.2, -0.15) is 0 Å². The van der Waals surface area contributed by atoms with Crippen LogP contribution in [0.5, 0.6) is 0 Å². The van der Waals surface area contributed by atoms with Gasteiger partial charge in [0, 0.05) is 10.7 Å². The molecule has 0 bridgehead atoms. The lowest BCUT2D eigenvalue weighted by Crippen LogP contribution is -2.12. The summed E-state index contributed by atoms with van der Waals surface area (Å²) in [5.74, 6) is -1.66. The minimum Gasteiger partial charge on any atom is -0.478 e. The fourth-order valence-corrected chi connectivity index (χ4v) is 1.87. The maximum absolute atomic E-state index is 11.8. The molecule has 0 radical (unpaired) electrons. The van der Waals surface area contributed by atoms with Crippen LogP contribution in [0.2, 0.25) is 10.2 Å². The SMILES string of the molecule is O=C(O)c1cc(Cl)cc(NC(=O)c2ccoc2Cl)c1. The van der Waals surface area contributed by atoms with Gasteiger partial charge in [-0.05, 0) is 35.9 Å². The van der Waals surface area contributed by atoms with Crippen LogP contribution in [-0.2, 0) is 0 Å². The standard InChI is InChI=1S/C12H7Cl2NO4/c13-7-3-6(12(17)18)4-8(5-7)15-11(16)9-1-2-19-10(9)14/h1-5H,(H,15,16)(H,17,18). The molecule has 98 valence electrons. The minimum absolute atomic E-state index is 0.0268. The lowest BCUT2D eigenvalue weighted by molar-refractivity contribution is 0.0696. The maximum atomic E-state index is 11.8. The summed E-state index contributed by atoms with van der Waals surface area (Å²) in [6, 6.07) is 5.41. The Labute approximate surface area is 117 Å². The molecule has 1 aromatic heterocycles. The van der Waals surface area contributed by atoms with Gasteiger partial charge < -0.3 is 14.8 Å². The van der Waals surface area contributed by atoms with Crippen molar-refractivity contribution in [1.29, 1.82) is 0 Å². The van der Waals surface area contributed by atoms with Crippen molar-refractivity contribution in [2.45, 2.75) is 0 Å². The van der Waals surface area contributed by atoms with E-state index in [2.05, 4.69) is 5.32 Å².